The van der Waals surface area contributed by atoms with Crippen LogP contribution in [0.25, 0.3) is 0 Å². The number of hydrogen-bond donors (Lipinski definition) is 0. The Morgan fingerprint density at radius 1 is 0.846 bits per heavy atom. The van der Waals surface area contributed by atoms with Crippen LogP contribution < -0.4 is 0 Å². The summed E-state index contributed by atoms with van der Waals surface area (Å²) in [5.41, 5.74) is 2.76. The van der Waals surface area contributed by atoms with Gasteiger partial charge in [-0.15, -0.1) is 0 Å². The molecule has 0 bridgehead atoms. The highest BCUT2D eigenvalue weighted by molar-refractivity contribution is 5.20. The third-order valence-electron chi connectivity index (χ3n) is 2.03. The molecule has 0 aliphatic heterocycles. The summed E-state index contributed by atoms with van der Waals surface area (Å²) >= 11 is 0. The van der Waals surface area contributed by atoms with Crippen LogP contribution in [-0.2, 0) is 6.42 Å². The average Bonchev–Trinajstić information content (AvgIpc) is 2.19. The number of unbranched alkanes of at least 4 members (excludes halogenated alkanes) is 1. The Bertz CT molecular complexity index is 194. The first kappa shape index (κ1) is 12.2. The van der Waals surface area contributed by atoms with E-state index in [0.717, 1.165) is 6.42 Å². The van der Waals surface area contributed by atoms with Crippen molar-refractivity contribution in [1.82, 2.24) is 0 Å². The van der Waals surface area contributed by atoms with Crippen molar-refractivity contribution >= 4 is 0 Å². The summed E-state index contributed by atoms with van der Waals surface area (Å²) in [7, 11) is 0. The van der Waals surface area contributed by atoms with Crippen LogP contribution in [0.5, 0.6) is 0 Å². The normalized spacial score (nSPS) is 8.92. The predicted octanol–water partition coefficient (Wildman–Crippen LogP) is 4.36. The average molecular weight is 178 g/mol. The summed E-state index contributed by atoms with van der Waals surface area (Å²) in [5.74, 6) is 0. The molecule has 1 rings (SSSR count). The number of aryl methyl sites for hydroxylation is 2. The maximum absolute atomic E-state index is 2.18. The van der Waals surface area contributed by atoms with Gasteiger partial charge in [0.2, 0.25) is 0 Å². The van der Waals surface area contributed by atoms with Crippen LogP contribution in [0, 0.1) is 6.92 Å². The van der Waals surface area contributed by atoms with Gasteiger partial charge in [0, 0.05) is 0 Å². The molecule has 0 amide bonds. The molecule has 0 aliphatic rings. The van der Waals surface area contributed by atoms with Gasteiger partial charge in [0.25, 0.3) is 0 Å². The smallest absolute Gasteiger partial charge is 0.0307 e. The fraction of sp³-hybridized carbons (Fsp3) is 0.538. The maximum atomic E-state index is 2.18. The highest BCUT2D eigenvalue weighted by Gasteiger charge is 1.84. The summed E-state index contributed by atoms with van der Waals surface area (Å²) < 4.78 is 0. The van der Waals surface area contributed by atoms with Gasteiger partial charge < -0.3 is 0 Å². The first-order valence-electron chi connectivity index (χ1n) is 5.30. The first-order valence-corrected chi connectivity index (χ1v) is 5.30. The molecular weight excluding hydrogens is 156 g/mol. The second-order valence-corrected chi connectivity index (χ2v) is 3.34. The Kier molecular flexibility index (Phi) is 7.38. The minimum Gasteiger partial charge on any atom is -0.0654 e. The Morgan fingerprint density at radius 2 is 1.31 bits per heavy atom. The van der Waals surface area contributed by atoms with E-state index in [2.05, 4.69) is 52.0 Å². The van der Waals surface area contributed by atoms with Crippen molar-refractivity contribution < 1.29 is 0 Å². The van der Waals surface area contributed by atoms with Crippen LogP contribution in [-0.4, -0.2) is 0 Å². The summed E-state index contributed by atoms with van der Waals surface area (Å²) in [6, 6.07) is 8.66. The van der Waals surface area contributed by atoms with Crippen LogP contribution in [0.4, 0.5) is 0 Å². The molecule has 0 aromatic heterocycles. The second-order valence-electron chi connectivity index (χ2n) is 3.34. The van der Waals surface area contributed by atoms with Gasteiger partial charge in [-0.3, -0.25) is 0 Å². The van der Waals surface area contributed by atoms with E-state index in [-0.39, 0.29) is 0 Å². The lowest BCUT2D eigenvalue weighted by molar-refractivity contribution is 0.886. The predicted molar refractivity (Wildman–Crippen MR) is 61.1 cm³/mol. The van der Waals surface area contributed by atoms with E-state index in [0.29, 0.717) is 0 Å². The molecule has 0 heteroatoms. The van der Waals surface area contributed by atoms with Gasteiger partial charge in [0.05, 0.1) is 0 Å². The molecule has 0 aliphatic carbocycles. The monoisotopic (exact) mass is 178 g/mol. The Labute approximate surface area is 83.0 Å². The fourth-order valence-electron chi connectivity index (χ4n) is 0.824. The van der Waals surface area contributed by atoms with Crippen LogP contribution in [0.1, 0.15) is 44.7 Å². The van der Waals surface area contributed by atoms with Gasteiger partial charge in [0.1, 0.15) is 0 Å². The van der Waals surface area contributed by atoms with Gasteiger partial charge in [-0.2, -0.15) is 0 Å². The molecule has 0 unspecified atom stereocenters. The summed E-state index contributed by atoms with van der Waals surface area (Å²) in [5, 5.41) is 0. The Morgan fingerprint density at radius 3 is 1.62 bits per heavy atom. The Balaban J connectivity index is 0.000000310. The zero-order valence-corrected chi connectivity index (χ0v) is 9.43. The van der Waals surface area contributed by atoms with Crippen LogP contribution in [0.15, 0.2) is 24.3 Å². The van der Waals surface area contributed by atoms with Gasteiger partial charge in [-0.05, 0) is 18.9 Å². The molecule has 0 spiro atoms. The van der Waals surface area contributed by atoms with Crippen LogP contribution >= 0.6 is 0 Å². The number of benzene rings is 1. The standard InChI is InChI=1S/C9H12.C4H10/c1-3-9-6-4-8(2)5-7-9;1-3-4-2/h4-7H,3H2,1-2H3;3-4H2,1-2H3. The minimum absolute atomic E-state index is 1.14. The number of hydrogen-bond acceptors (Lipinski definition) is 0. The van der Waals surface area contributed by atoms with E-state index in [1.165, 1.54) is 24.0 Å². The lowest BCUT2D eigenvalue weighted by Gasteiger charge is -1.94. The van der Waals surface area contributed by atoms with E-state index < -0.39 is 0 Å². The lowest BCUT2D eigenvalue weighted by Crippen LogP contribution is -1.77. The van der Waals surface area contributed by atoms with Gasteiger partial charge in [0.15, 0.2) is 0 Å². The maximum Gasteiger partial charge on any atom is -0.0307 e. The Hall–Kier alpha value is -0.780. The lowest BCUT2D eigenvalue weighted by atomic mass is 10.1. The first-order chi connectivity index (χ1) is 6.24. The molecule has 0 N–H and O–H groups in total. The zero-order chi connectivity index (χ0) is 10.1. The second kappa shape index (κ2) is 7.85. The minimum atomic E-state index is 1.14. The van der Waals surface area contributed by atoms with E-state index in [9.17, 15) is 0 Å². The highest BCUT2D eigenvalue weighted by atomic mass is 13.9. The molecule has 1 aromatic carbocycles. The molecule has 1 aromatic rings. The van der Waals surface area contributed by atoms with Crippen molar-refractivity contribution in [3.05, 3.63) is 35.4 Å². The summed E-state index contributed by atoms with van der Waals surface area (Å²) in [6.45, 7) is 8.64. The molecule has 0 radical (unpaired) electrons. The van der Waals surface area contributed by atoms with Crippen molar-refractivity contribution in [2.45, 2.75) is 47.0 Å². The molecule has 0 saturated heterocycles. The largest absolute Gasteiger partial charge is 0.0654 e. The third kappa shape index (κ3) is 6.39. The topological polar surface area (TPSA) is 0 Å². The quantitative estimate of drug-likeness (QED) is 0.631. The van der Waals surface area contributed by atoms with E-state index in [4.69, 9.17) is 0 Å². The van der Waals surface area contributed by atoms with Crippen molar-refractivity contribution in [3.63, 3.8) is 0 Å². The highest BCUT2D eigenvalue weighted by Crippen LogP contribution is 2.02. The van der Waals surface area contributed by atoms with Gasteiger partial charge in [-0.1, -0.05) is 63.4 Å². The molecule has 0 heterocycles. The van der Waals surface area contributed by atoms with Crippen LogP contribution in [0.3, 0.4) is 0 Å². The molecule has 0 saturated carbocycles. The molecular formula is C13H22. The number of rotatable bonds is 2. The van der Waals surface area contributed by atoms with Crippen molar-refractivity contribution in [3.8, 4) is 0 Å². The molecule has 0 atom stereocenters. The molecule has 0 nitrogen and oxygen atoms in total. The summed E-state index contributed by atoms with van der Waals surface area (Å²) in [4.78, 5) is 0. The van der Waals surface area contributed by atoms with E-state index in [1.54, 1.807) is 0 Å². The van der Waals surface area contributed by atoms with Gasteiger partial charge >= 0.3 is 0 Å². The van der Waals surface area contributed by atoms with E-state index in [1.807, 2.05) is 0 Å². The van der Waals surface area contributed by atoms with Crippen molar-refractivity contribution in [2.24, 2.45) is 0 Å². The van der Waals surface area contributed by atoms with Crippen molar-refractivity contribution in [2.75, 3.05) is 0 Å². The SMILES string of the molecule is CCCC.CCc1ccc(C)cc1. The van der Waals surface area contributed by atoms with Crippen LogP contribution in [0.2, 0.25) is 0 Å². The van der Waals surface area contributed by atoms with Gasteiger partial charge in [-0.25, -0.2) is 0 Å². The fourth-order valence-corrected chi connectivity index (χ4v) is 0.824. The third-order valence-corrected chi connectivity index (χ3v) is 2.03. The molecule has 74 valence electrons. The van der Waals surface area contributed by atoms with E-state index >= 15 is 0 Å². The van der Waals surface area contributed by atoms with Crippen molar-refractivity contribution in [1.29, 1.82) is 0 Å². The zero-order valence-electron chi connectivity index (χ0n) is 9.43. The molecule has 0 fully saturated rings. The summed E-state index contributed by atoms with van der Waals surface area (Å²) in [6.07, 6.45) is 3.78. The molecule has 13 heavy (non-hydrogen) atoms.